The molecule has 0 spiro atoms. The number of H-pyrrole nitrogens is 1. The number of fused-ring (bicyclic) bond motifs is 2. The van der Waals surface area contributed by atoms with Gasteiger partial charge in [0.15, 0.2) is 11.5 Å². The minimum atomic E-state index is -0.237. The highest BCUT2D eigenvalue weighted by Gasteiger charge is 2.26. The Morgan fingerprint density at radius 2 is 2.08 bits per heavy atom. The Balaban J connectivity index is 1.30. The van der Waals surface area contributed by atoms with Crippen molar-refractivity contribution in [1.29, 1.82) is 0 Å². The van der Waals surface area contributed by atoms with Gasteiger partial charge in [-0.15, -0.1) is 0 Å². The van der Waals surface area contributed by atoms with E-state index in [0.717, 1.165) is 54.4 Å². The summed E-state index contributed by atoms with van der Waals surface area (Å²) in [7, 11) is 0. The van der Waals surface area contributed by atoms with Gasteiger partial charge in [-0.1, -0.05) is 6.07 Å². The largest absolute Gasteiger partial charge is 0.454 e. The molecule has 1 saturated heterocycles. The molecule has 1 aromatic heterocycles. The maximum atomic E-state index is 13.3. The van der Waals surface area contributed by atoms with Crippen molar-refractivity contribution in [3.63, 3.8) is 0 Å². The van der Waals surface area contributed by atoms with Crippen LogP contribution in [0.1, 0.15) is 23.7 Å². The number of benzene rings is 2. The molecular weight excluding hydrogens is 321 g/mol. The lowest BCUT2D eigenvalue weighted by Crippen LogP contribution is -2.19. The number of nitrogens with zero attached hydrogens (tertiary/aromatic N) is 2. The Morgan fingerprint density at radius 3 is 3.04 bits per heavy atom. The standard InChI is InChI=1S/C19H18FN3O2/c20-14-2-3-15-16(8-14)22-19(21-15)13-5-6-23(10-13)9-12-1-4-17-18(7-12)25-11-24-17/h1-4,7-8,13H,5-6,9-11H2,(H,21,22)/t13-/m0/s1. The van der Waals surface area contributed by atoms with E-state index >= 15 is 0 Å². The van der Waals surface area contributed by atoms with E-state index in [1.54, 1.807) is 6.07 Å². The molecule has 0 aliphatic carbocycles. The number of hydrogen-bond acceptors (Lipinski definition) is 4. The number of ether oxygens (including phenoxy) is 2. The molecule has 1 fully saturated rings. The minimum absolute atomic E-state index is 0.237. The highest BCUT2D eigenvalue weighted by atomic mass is 19.1. The first-order chi connectivity index (χ1) is 12.2. The van der Waals surface area contributed by atoms with Crippen molar-refractivity contribution >= 4 is 11.0 Å². The number of aromatic amines is 1. The smallest absolute Gasteiger partial charge is 0.231 e. The summed E-state index contributed by atoms with van der Waals surface area (Å²) in [5.74, 6) is 2.71. The van der Waals surface area contributed by atoms with Crippen molar-refractivity contribution in [2.75, 3.05) is 19.9 Å². The summed E-state index contributed by atoms with van der Waals surface area (Å²) in [6, 6.07) is 10.8. The van der Waals surface area contributed by atoms with Gasteiger partial charge in [-0.05, 0) is 48.9 Å². The van der Waals surface area contributed by atoms with Crippen LogP contribution in [0.4, 0.5) is 4.39 Å². The quantitative estimate of drug-likeness (QED) is 0.794. The van der Waals surface area contributed by atoms with E-state index in [2.05, 4.69) is 27.0 Å². The van der Waals surface area contributed by atoms with Gasteiger partial charge in [0, 0.05) is 19.0 Å². The van der Waals surface area contributed by atoms with Crippen molar-refractivity contribution in [1.82, 2.24) is 14.9 Å². The van der Waals surface area contributed by atoms with Crippen molar-refractivity contribution in [3.8, 4) is 11.5 Å². The molecular formula is C19H18FN3O2. The number of rotatable bonds is 3. The van der Waals surface area contributed by atoms with Crippen molar-refractivity contribution in [2.24, 2.45) is 0 Å². The lowest BCUT2D eigenvalue weighted by atomic mass is 10.1. The van der Waals surface area contributed by atoms with Crippen LogP contribution in [0.3, 0.4) is 0 Å². The molecule has 0 amide bonds. The molecule has 2 aliphatic heterocycles. The molecule has 1 N–H and O–H groups in total. The molecule has 0 radical (unpaired) electrons. The van der Waals surface area contributed by atoms with Crippen LogP contribution in [0.25, 0.3) is 11.0 Å². The summed E-state index contributed by atoms with van der Waals surface area (Å²) in [4.78, 5) is 10.3. The molecule has 3 heterocycles. The van der Waals surface area contributed by atoms with E-state index in [1.807, 2.05) is 6.07 Å². The summed E-state index contributed by atoms with van der Waals surface area (Å²) in [6.45, 7) is 3.14. The van der Waals surface area contributed by atoms with E-state index in [9.17, 15) is 4.39 Å². The molecule has 128 valence electrons. The Bertz CT molecular complexity index is 940. The van der Waals surface area contributed by atoms with Crippen LogP contribution in [-0.2, 0) is 6.54 Å². The molecule has 0 saturated carbocycles. The molecule has 3 aromatic rings. The number of nitrogens with one attached hydrogen (secondary N) is 1. The second-order valence-corrected chi connectivity index (χ2v) is 6.69. The van der Waals surface area contributed by atoms with Gasteiger partial charge in [0.25, 0.3) is 0 Å². The van der Waals surface area contributed by atoms with E-state index in [4.69, 9.17) is 9.47 Å². The zero-order valence-electron chi connectivity index (χ0n) is 13.7. The fourth-order valence-corrected chi connectivity index (χ4v) is 3.69. The van der Waals surface area contributed by atoms with Crippen LogP contribution in [0, 0.1) is 5.82 Å². The SMILES string of the molecule is Fc1ccc2nc([C@H]3CCN(Cc4ccc5c(c4)OCO5)C3)[nH]c2c1. The van der Waals surface area contributed by atoms with Crippen molar-refractivity contribution in [2.45, 2.75) is 18.9 Å². The highest BCUT2D eigenvalue weighted by molar-refractivity contribution is 5.75. The fraction of sp³-hybridized carbons (Fsp3) is 0.316. The Kier molecular flexibility index (Phi) is 3.38. The Morgan fingerprint density at radius 1 is 1.16 bits per heavy atom. The van der Waals surface area contributed by atoms with E-state index < -0.39 is 0 Å². The molecule has 2 aliphatic rings. The number of hydrogen-bond donors (Lipinski definition) is 1. The topological polar surface area (TPSA) is 50.4 Å². The zero-order valence-corrected chi connectivity index (χ0v) is 13.7. The van der Waals surface area contributed by atoms with Gasteiger partial charge in [-0.3, -0.25) is 4.90 Å². The van der Waals surface area contributed by atoms with Crippen LogP contribution in [0.15, 0.2) is 36.4 Å². The molecule has 6 heteroatoms. The fourth-order valence-electron chi connectivity index (χ4n) is 3.69. The lowest BCUT2D eigenvalue weighted by Gasteiger charge is -2.15. The van der Waals surface area contributed by atoms with Crippen molar-refractivity contribution < 1.29 is 13.9 Å². The summed E-state index contributed by atoms with van der Waals surface area (Å²) in [6.07, 6.45) is 1.05. The third-order valence-electron chi connectivity index (χ3n) is 4.96. The van der Waals surface area contributed by atoms with Crippen LogP contribution in [0.5, 0.6) is 11.5 Å². The predicted octanol–water partition coefficient (Wildman–Crippen LogP) is 3.42. The summed E-state index contributed by atoms with van der Waals surface area (Å²) >= 11 is 0. The first-order valence-electron chi connectivity index (χ1n) is 8.51. The zero-order chi connectivity index (χ0) is 16.8. The normalized spacial score (nSPS) is 19.8. The second-order valence-electron chi connectivity index (χ2n) is 6.69. The first-order valence-corrected chi connectivity index (χ1v) is 8.51. The maximum absolute atomic E-state index is 13.3. The van der Waals surface area contributed by atoms with E-state index in [0.29, 0.717) is 12.7 Å². The van der Waals surface area contributed by atoms with Crippen LogP contribution in [0.2, 0.25) is 0 Å². The van der Waals surface area contributed by atoms with Crippen LogP contribution < -0.4 is 9.47 Å². The maximum Gasteiger partial charge on any atom is 0.231 e. The van der Waals surface area contributed by atoms with Gasteiger partial charge in [-0.25, -0.2) is 9.37 Å². The van der Waals surface area contributed by atoms with Crippen molar-refractivity contribution in [3.05, 3.63) is 53.6 Å². The number of halogens is 1. The van der Waals surface area contributed by atoms with Gasteiger partial charge in [0.2, 0.25) is 6.79 Å². The molecule has 1 atom stereocenters. The van der Waals surface area contributed by atoms with Crippen LogP contribution in [-0.4, -0.2) is 34.8 Å². The van der Waals surface area contributed by atoms with Gasteiger partial charge in [-0.2, -0.15) is 0 Å². The number of likely N-dealkylation sites (tertiary alicyclic amines) is 1. The van der Waals surface area contributed by atoms with E-state index in [-0.39, 0.29) is 5.82 Å². The molecule has 25 heavy (non-hydrogen) atoms. The molecule has 0 unspecified atom stereocenters. The third-order valence-corrected chi connectivity index (χ3v) is 4.96. The predicted molar refractivity (Wildman–Crippen MR) is 91.3 cm³/mol. The minimum Gasteiger partial charge on any atom is -0.454 e. The molecule has 5 rings (SSSR count). The van der Waals surface area contributed by atoms with Gasteiger partial charge >= 0.3 is 0 Å². The lowest BCUT2D eigenvalue weighted by molar-refractivity contribution is 0.174. The monoisotopic (exact) mass is 339 g/mol. The van der Waals surface area contributed by atoms with Gasteiger partial charge < -0.3 is 14.5 Å². The molecule has 2 aromatic carbocycles. The molecule has 5 nitrogen and oxygen atoms in total. The summed E-state index contributed by atoms with van der Waals surface area (Å²) in [5.41, 5.74) is 2.81. The van der Waals surface area contributed by atoms with Gasteiger partial charge in [0.05, 0.1) is 11.0 Å². The van der Waals surface area contributed by atoms with E-state index in [1.165, 1.54) is 17.7 Å². The highest BCUT2D eigenvalue weighted by Crippen LogP contribution is 2.34. The number of aromatic nitrogens is 2. The van der Waals surface area contributed by atoms with Crippen LogP contribution >= 0.6 is 0 Å². The Hall–Kier alpha value is -2.60. The number of imidazole rings is 1. The summed E-state index contributed by atoms with van der Waals surface area (Å²) in [5, 5.41) is 0. The van der Waals surface area contributed by atoms with Gasteiger partial charge in [0.1, 0.15) is 11.6 Å². The average Bonchev–Trinajstić information content (AvgIpc) is 3.32. The average molecular weight is 339 g/mol. The molecule has 0 bridgehead atoms. The first kappa shape index (κ1) is 14.7. The Labute approximate surface area is 144 Å². The second kappa shape index (κ2) is 5.74. The third kappa shape index (κ3) is 2.72. The summed E-state index contributed by atoms with van der Waals surface area (Å²) < 4.78 is 24.2.